The Morgan fingerprint density at radius 2 is 2.05 bits per heavy atom. The highest BCUT2D eigenvalue weighted by atomic mass is 16.4. The van der Waals surface area contributed by atoms with Crippen LogP contribution in [-0.2, 0) is 17.6 Å². The van der Waals surface area contributed by atoms with Gasteiger partial charge < -0.3 is 15.7 Å². The third-order valence-electron chi connectivity index (χ3n) is 3.98. The van der Waals surface area contributed by atoms with Gasteiger partial charge in [0.05, 0.1) is 5.56 Å². The summed E-state index contributed by atoms with van der Waals surface area (Å²) in [5.41, 5.74) is 6.48. The smallest absolute Gasteiger partial charge is 0.328 e. The highest BCUT2D eigenvalue weighted by molar-refractivity contribution is 5.99. The van der Waals surface area contributed by atoms with Crippen LogP contribution in [-0.4, -0.2) is 34.6 Å². The average Bonchev–Trinajstić information content (AvgIpc) is 2.82. The molecular weight excluding hydrogens is 258 g/mol. The van der Waals surface area contributed by atoms with Crippen LogP contribution in [0.5, 0.6) is 0 Å². The summed E-state index contributed by atoms with van der Waals surface area (Å²) in [5, 5.41) is 9.31. The maximum Gasteiger partial charge on any atom is 0.328 e. The number of hydrogen-bond acceptors (Lipinski definition) is 4. The van der Waals surface area contributed by atoms with Gasteiger partial charge >= 0.3 is 5.97 Å². The zero-order valence-electron chi connectivity index (χ0n) is 11.9. The van der Waals surface area contributed by atoms with Gasteiger partial charge in [-0.3, -0.25) is 4.79 Å². The van der Waals surface area contributed by atoms with E-state index in [4.69, 9.17) is 5.73 Å². The fraction of sp³-hybridized carbons (Fsp3) is 0.500. The fourth-order valence-corrected chi connectivity index (χ4v) is 2.31. The number of carbonyl (C=O) groups excluding carboxylic acids is 1. The van der Waals surface area contributed by atoms with E-state index in [-0.39, 0.29) is 5.56 Å². The van der Waals surface area contributed by atoms with Crippen molar-refractivity contribution in [3.05, 3.63) is 22.9 Å². The number of fused-ring (bicyclic) bond motifs is 1. The van der Waals surface area contributed by atoms with E-state index in [0.29, 0.717) is 5.82 Å². The van der Waals surface area contributed by atoms with Gasteiger partial charge in [-0.2, -0.15) is 0 Å². The first-order valence-electron chi connectivity index (χ1n) is 6.55. The molecule has 20 heavy (non-hydrogen) atoms. The Labute approximate surface area is 117 Å². The summed E-state index contributed by atoms with van der Waals surface area (Å²) >= 11 is 0. The van der Waals surface area contributed by atoms with Crippen molar-refractivity contribution >= 4 is 17.7 Å². The molecule has 1 aromatic rings. The Balaban J connectivity index is 2.55. The van der Waals surface area contributed by atoms with E-state index in [2.05, 4.69) is 4.98 Å². The van der Waals surface area contributed by atoms with Crippen LogP contribution in [0.2, 0.25) is 0 Å². The van der Waals surface area contributed by atoms with Crippen molar-refractivity contribution in [3.63, 3.8) is 0 Å². The molecule has 6 heteroatoms. The SMILES string of the molecule is CN(c1nc2c(cc1C(N)=O)CCC2)C(C)(C)C(=O)O. The Morgan fingerprint density at radius 3 is 2.60 bits per heavy atom. The Morgan fingerprint density at radius 1 is 1.40 bits per heavy atom. The summed E-state index contributed by atoms with van der Waals surface area (Å²) in [5.74, 6) is -1.24. The lowest BCUT2D eigenvalue weighted by molar-refractivity contribution is -0.142. The van der Waals surface area contributed by atoms with Crippen molar-refractivity contribution in [2.24, 2.45) is 5.73 Å². The molecule has 0 saturated carbocycles. The van der Waals surface area contributed by atoms with Crippen LogP contribution in [0.15, 0.2) is 6.07 Å². The Bertz CT molecular complexity index is 581. The Kier molecular flexibility index (Phi) is 3.41. The maximum absolute atomic E-state index is 11.6. The zero-order valence-corrected chi connectivity index (χ0v) is 11.9. The number of nitrogens with zero attached hydrogens (tertiary/aromatic N) is 2. The summed E-state index contributed by atoms with van der Waals surface area (Å²) in [6, 6.07) is 1.75. The van der Waals surface area contributed by atoms with Gasteiger partial charge in [-0.15, -0.1) is 0 Å². The molecule has 0 aliphatic heterocycles. The normalized spacial score (nSPS) is 13.9. The third-order valence-corrected chi connectivity index (χ3v) is 3.98. The number of primary amides is 1. The van der Waals surface area contributed by atoms with Crippen LogP contribution < -0.4 is 10.6 Å². The highest BCUT2D eigenvalue weighted by Gasteiger charge is 2.35. The average molecular weight is 277 g/mol. The molecule has 0 unspecified atom stereocenters. The lowest BCUT2D eigenvalue weighted by Crippen LogP contribution is -2.49. The van der Waals surface area contributed by atoms with Gasteiger partial charge in [0, 0.05) is 12.7 Å². The van der Waals surface area contributed by atoms with Crippen molar-refractivity contribution < 1.29 is 14.7 Å². The molecule has 1 aromatic heterocycles. The molecule has 1 heterocycles. The van der Waals surface area contributed by atoms with Gasteiger partial charge in [0.2, 0.25) is 0 Å². The molecule has 0 fully saturated rings. The summed E-state index contributed by atoms with van der Waals surface area (Å²) in [6.07, 6.45) is 2.73. The first-order valence-corrected chi connectivity index (χ1v) is 6.55. The van der Waals surface area contributed by atoms with Crippen LogP contribution in [0.3, 0.4) is 0 Å². The first kappa shape index (κ1) is 14.3. The summed E-state index contributed by atoms with van der Waals surface area (Å²) in [6.45, 7) is 3.13. The maximum atomic E-state index is 11.6. The number of carboxylic acid groups (broad SMARTS) is 1. The van der Waals surface area contributed by atoms with Crippen LogP contribution in [0.1, 0.15) is 41.9 Å². The number of nitrogens with two attached hydrogens (primary N) is 1. The lowest BCUT2D eigenvalue weighted by Gasteiger charge is -2.33. The largest absolute Gasteiger partial charge is 0.480 e. The second-order valence-electron chi connectivity index (χ2n) is 5.61. The first-order chi connectivity index (χ1) is 9.25. The minimum absolute atomic E-state index is 0.280. The number of aromatic nitrogens is 1. The van der Waals surface area contributed by atoms with Crippen molar-refractivity contribution in [2.75, 3.05) is 11.9 Å². The molecule has 0 atom stereocenters. The standard InChI is InChI=1S/C14H19N3O3/c1-14(2,13(19)20)17(3)12-9(11(15)18)7-8-5-4-6-10(8)16-12/h7H,4-6H2,1-3H3,(H2,15,18)(H,19,20). The monoisotopic (exact) mass is 277 g/mol. The molecule has 1 amide bonds. The third kappa shape index (κ3) is 2.21. The van der Waals surface area contributed by atoms with Crippen LogP contribution in [0.25, 0.3) is 0 Å². The predicted octanol–water partition coefficient (Wildman–Crippen LogP) is 0.969. The zero-order chi connectivity index (χ0) is 15.1. The number of carboxylic acids is 1. The van der Waals surface area contributed by atoms with Gasteiger partial charge in [-0.1, -0.05) is 0 Å². The van der Waals surface area contributed by atoms with Crippen LogP contribution in [0, 0.1) is 0 Å². The van der Waals surface area contributed by atoms with E-state index >= 15 is 0 Å². The molecule has 3 N–H and O–H groups in total. The molecule has 6 nitrogen and oxygen atoms in total. The topological polar surface area (TPSA) is 96.5 Å². The fourth-order valence-electron chi connectivity index (χ4n) is 2.31. The van der Waals surface area contributed by atoms with Crippen molar-refractivity contribution in [2.45, 2.75) is 38.6 Å². The van der Waals surface area contributed by atoms with Crippen molar-refractivity contribution in [3.8, 4) is 0 Å². The summed E-state index contributed by atoms with van der Waals surface area (Å²) in [4.78, 5) is 29.0. The van der Waals surface area contributed by atoms with Gasteiger partial charge in [0.15, 0.2) is 0 Å². The minimum atomic E-state index is -1.18. The van der Waals surface area contributed by atoms with E-state index in [1.807, 2.05) is 0 Å². The number of aliphatic carboxylic acids is 1. The van der Waals surface area contributed by atoms with E-state index in [1.165, 1.54) is 4.90 Å². The molecule has 0 aromatic carbocycles. The van der Waals surface area contributed by atoms with E-state index in [0.717, 1.165) is 30.5 Å². The van der Waals surface area contributed by atoms with E-state index in [1.54, 1.807) is 27.0 Å². The Hall–Kier alpha value is -2.11. The summed E-state index contributed by atoms with van der Waals surface area (Å²) < 4.78 is 0. The van der Waals surface area contributed by atoms with Crippen molar-refractivity contribution in [1.82, 2.24) is 4.98 Å². The molecule has 1 aliphatic carbocycles. The molecule has 2 rings (SSSR count). The number of amides is 1. The molecule has 0 radical (unpaired) electrons. The quantitative estimate of drug-likeness (QED) is 0.854. The van der Waals surface area contributed by atoms with Gasteiger partial charge in [-0.25, -0.2) is 9.78 Å². The molecule has 0 saturated heterocycles. The molecular formula is C14H19N3O3. The molecule has 0 bridgehead atoms. The minimum Gasteiger partial charge on any atom is -0.480 e. The van der Waals surface area contributed by atoms with Crippen molar-refractivity contribution in [1.29, 1.82) is 0 Å². The van der Waals surface area contributed by atoms with Gasteiger partial charge in [0.1, 0.15) is 11.4 Å². The number of likely N-dealkylation sites (N-methyl/N-ethyl adjacent to an activating group) is 1. The number of carbonyl (C=O) groups is 2. The van der Waals surface area contributed by atoms with Crippen LogP contribution >= 0.6 is 0 Å². The second kappa shape index (κ2) is 4.77. The van der Waals surface area contributed by atoms with E-state index < -0.39 is 17.4 Å². The highest BCUT2D eigenvalue weighted by Crippen LogP contribution is 2.30. The number of aryl methyl sites for hydroxylation is 2. The second-order valence-corrected chi connectivity index (χ2v) is 5.61. The number of rotatable bonds is 4. The molecule has 1 aliphatic rings. The number of pyridine rings is 1. The predicted molar refractivity (Wildman–Crippen MR) is 74.9 cm³/mol. The molecule has 108 valence electrons. The molecule has 0 spiro atoms. The lowest BCUT2D eigenvalue weighted by atomic mass is 10.0. The van der Waals surface area contributed by atoms with Gasteiger partial charge in [-0.05, 0) is 44.7 Å². The van der Waals surface area contributed by atoms with E-state index in [9.17, 15) is 14.7 Å². The number of anilines is 1. The van der Waals surface area contributed by atoms with Gasteiger partial charge in [0.25, 0.3) is 5.91 Å². The number of hydrogen-bond donors (Lipinski definition) is 2. The summed E-state index contributed by atoms with van der Waals surface area (Å²) in [7, 11) is 1.62. The van der Waals surface area contributed by atoms with Crippen LogP contribution in [0.4, 0.5) is 5.82 Å².